The fourth-order valence-corrected chi connectivity index (χ4v) is 3.75. The van der Waals surface area contributed by atoms with E-state index in [4.69, 9.17) is 10.5 Å². The summed E-state index contributed by atoms with van der Waals surface area (Å²) in [6.45, 7) is 3.02. The molecule has 0 spiro atoms. The average molecular weight is 304 g/mol. The number of nitrogens with one attached hydrogen (secondary N) is 1. The van der Waals surface area contributed by atoms with Crippen LogP contribution in [0.3, 0.4) is 0 Å². The molecule has 0 aromatic heterocycles. The molecule has 1 aromatic carbocycles. The molecule has 1 saturated heterocycles. The molecule has 0 radical (unpaired) electrons. The highest BCUT2D eigenvalue weighted by Crippen LogP contribution is 2.21. The number of rotatable bonds is 3. The molecule has 1 aliphatic rings. The van der Waals surface area contributed by atoms with Crippen LogP contribution in [0.15, 0.2) is 18.2 Å². The van der Waals surface area contributed by atoms with Crippen molar-refractivity contribution in [1.29, 1.82) is 10.5 Å². The van der Waals surface area contributed by atoms with Crippen LogP contribution in [0.5, 0.6) is 0 Å². The van der Waals surface area contributed by atoms with Gasteiger partial charge in [0, 0.05) is 13.1 Å². The third-order valence-corrected chi connectivity index (χ3v) is 4.97. The molecular formula is C14H16N4O2S. The molecule has 7 heteroatoms. The molecule has 21 heavy (non-hydrogen) atoms. The average Bonchev–Trinajstić information content (AvgIpc) is 2.46. The Hall–Kier alpha value is -2.09. The van der Waals surface area contributed by atoms with E-state index in [1.54, 1.807) is 0 Å². The van der Waals surface area contributed by atoms with Crippen molar-refractivity contribution in [2.45, 2.75) is 19.8 Å². The van der Waals surface area contributed by atoms with Gasteiger partial charge in [0.05, 0.1) is 16.8 Å². The SMILES string of the molecule is CC1CCCN(S(=O)(=O)Nc2ccc(C#N)c(C#N)c2)C1. The summed E-state index contributed by atoms with van der Waals surface area (Å²) in [5.74, 6) is 0.339. The molecule has 1 heterocycles. The van der Waals surface area contributed by atoms with E-state index in [0.29, 0.717) is 24.7 Å². The van der Waals surface area contributed by atoms with Crippen molar-refractivity contribution in [1.82, 2.24) is 4.31 Å². The van der Waals surface area contributed by atoms with Crippen molar-refractivity contribution in [2.75, 3.05) is 17.8 Å². The summed E-state index contributed by atoms with van der Waals surface area (Å²) in [4.78, 5) is 0. The molecule has 6 nitrogen and oxygen atoms in total. The second-order valence-corrected chi connectivity index (χ2v) is 6.87. The van der Waals surface area contributed by atoms with Crippen LogP contribution in [0.25, 0.3) is 0 Å². The topological polar surface area (TPSA) is 97.0 Å². The van der Waals surface area contributed by atoms with E-state index in [-0.39, 0.29) is 11.1 Å². The van der Waals surface area contributed by atoms with E-state index < -0.39 is 10.2 Å². The molecule has 110 valence electrons. The van der Waals surface area contributed by atoms with Gasteiger partial charge in [0.1, 0.15) is 12.1 Å². The van der Waals surface area contributed by atoms with Crippen molar-refractivity contribution in [3.8, 4) is 12.1 Å². The fraction of sp³-hybridized carbons (Fsp3) is 0.429. The zero-order valence-electron chi connectivity index (χ0n) is 11.7. The van der Waals surface area contributed by atoms with E-state index >= 15 is 0 Å². The number of piperidine rings is 1. The molecule has 1 atom stereocenters. The molecule has 0 aliphatic carbocycles. The summed E-state index contributed by atoms with van der Waals surface area (Å²) in [5, 5.41) is 17.8. The van der Waals surface area contributed by atoms with Crippen LogP contribution in [0.4, 0.5) is 5.69 Å². The third kappa shape index (κ3) is 3.52. The number of anilines is 1. The lowest BCUT2D eigenvalue weighted by atomic mass is 10.0. The van der Waals surface area contributed by atoms with Crippen molar-refractivity contribution < 1.29 is 8.42 Å². The van der Waals surface area contributed by atoms with Gasteiger partial charge in [0.2, 0.25) is 0 Å². The van der Waals surface area contributed by atoms with Crippen LogP contribution in [-0.4, -0.2) is 25.8 Å². The van der Waals surface area contributed by atoms with Crippen molar-refractivity contribution >= 4 is 15.9 Å². The first-order valence-corrected chi connectivity index (χ1v) is 8.12. The summed E-state index contributed by atoms with van der Waals surface area (Å²) in [5.41, 5.74) is 0.681. The van der Waals surface area contributed by atoms with Crippen molar-refractivity contribution in [3.63, 3.8) is 0 Å². The lowest BCUT2D eigenvalue weighted by Crippen LogP contribution is -2.42. The summed E-state index contributed by atoms with van der Waals surface area (Å²) in [6.07, 6.45) is 1.88. The van der Waals surface area contributed by atoms with Gasteiger partial charge in [-0.2, -0.15) is 23.2 Å². The fourth-order valence-electron chi connectivity index (χ4n) is 2.38. The summed E-state index contributed by atoms with van der Waals surface area (Å²) >= 11 is 0. The van der Waals surface area contributed by atoms with Gasteiger partial charge in [-0.1, -0.05) is 6.92 Å². The highest BCUT2D eigenvalue weighted by molar-refractivity contribution is 7.90. The van der Waals surface area contributed by atoms with Crippen LogP contribution in [0, 0.1) is 28.6 Å². The zero-order chi connectivity index (χ0) is 15.5. The Morgan fingerprint density at radius 2 is 2.00 bits per heavy atom. The first-order chi connectivity index (χ1) is 9.96. The lowest BCUT2D eigenvalue weighted by molar-refractivity contribution is 0.282. The van der Waals surface area contributed by atoms with Crippen LogP contribution < -0.4 is 4.72 Å². The van der Waals surface area contributed by atoms with E-state index in [1.165, 1.54) is 22.5 Å². The Morgan fingerprint density at radius 1 is 1.29 bits per heavy atom. The van der Waals surface area contributed by atoms with Crippen molar-refractivity contribution in [3.05, 3.63) is 29.3 Å². The highest BCUT2D eigenvalue weighted by atomic mass is 32.2. The summed E-state index contributed by atoms with van der Waals surface area (Å²) in [7, 11) is -3.62. The largest absolute Gasteiger partial charge is 0.301 e. The zero-order valence-corrected chi connectivity index (χ0v) is 12.5. The van der Waals surface area contributed by atoms with Crippen LogP contribution >= 0.6 is 0 Å². The first-order valence-electron chi connectivity index (χ1n) is 6.68. The molecule has 1 N–H and O–H groups in total. The maximum absolute atomic E-state index is 12.3. The van der Waals surface area contributed by atoms with E-state index in [0.717, 1.165) is 12.8 Å². The van der Waals surface area contributed by atoms with E-state index in [1.807, 2.05) is 19.1 Å². The predicted octanol–water partition coefficient (Wildman–Crippen LogP) is 1.82. The number of hydrogen-bond acceptors (Lipinski definition) is 4. The third-order valence-electron chi connectivity index (χ3n) is 3.47. The maximum atomic E-state index is 12.3. The standard InChI is InChI=1S/C14H16N4O2S/c1-11-3-2-6-18(10-11)21(19,20)17-14-5-4-12(8-15)13(7-14)9-16/h4-5,7,11,17H,2-3,6,10H2,1H3. The number of nitriles is 2. The molecule has 1 aliphatic heterocycles. The number of nitrogens with zero attached hydrogens (tertiary/aromatic N) is 3. The molecule has 0 saturated carbocycles. The molecule has 0 amide bonds. The predicted molar refractivity (Wildman–Crippen MR) is 78.4 cm³/mol. The number of benzene rings is 1. The van der Waals surface area contributed by atoms with Crippen molar-refractivity contribution in [2.24, 2.45) is 5.92 Å². The second-order valence-electron chi connectivity index (χ2n) is 5.20. The second kappa shape index (κ2) is 6.13. The van der Waals surface area contributed by atoms with Crippen LogP contribution in [-0.2, 0) is 10.2 Å². The van der Waals surface area contributed by atoms with Gasteiger partial charge >= 0.3 is 10.2 Å². The smallest absolute Gasteiger partial charge is 0.271 e. The van der Waals surface area contributed by atoms with E-state index in [9.17, 15) is 8.42 Å². The van der Waals surface area contributed by atoms with Gasteiger partial charge < -0.3 is 0 Å². The molecule has 1 unspecified atom stereocenters. The lowest BCUT2D eigenvalue weighted by Gasteiger charge is -2.30. The minimum atomic E-state index is -3.62. The first kappa shape index (κ1) is 15.3. The Labute approximate surface area is 124 Å². The Morgan fingerprint density at radius 3 is 2.62 bits per heavy atom. The minimum absolute atomic E-state index is 0.157. The van der Waals surface area contributed by atoms with Gasteiger partial charge in [0.25, 0.3) is 0 Å². The summed E-state index contributed by atoms with van der Waals surface area (Å²) in [6, 6.07) is 8.09. The molecular weight excluding hydrogens is 288 g/mol. The van der Waals surface area contributed by atoms with E-state index in [2.05, 4.69) is 4.72 Å². The molecule has 1 aromatic rings. The normalized spacial score (nSPS) is 19.5. The number of hydrogen-bond donors (Lipinski definition) is 1. The van der Waals surface area contributed by atoms with Gasteiger partial charge in [-0.15, -0.1) is 0 Å². The molecule has 2 rings (SSSR count). The maximum Gasteiger partial charge on any atom is 0.301 e. The minimum Gasteiger partial charge on any atom is -0.271 e. The van der Waals surface area contributed by atoms with Gasteiger partial charge in [-0.3, -0.25) is 4.72 Å². The summed E-state index contributed by atoms with van der Waals surface area (Å²) < 4.78 is 28.5. The Balaban J connectivity index is 2.21. The Bertz CT molecular complexity index is 715. The van der Waals surface area contributed by atoms with Gasteiger partial charge in [-0.25, -0.2) is 0 Å². The highest BCUT2D eigenvalue weighted by Gasteiger charge is 2.27. The monoisotopic (exact) mass is 304 g/mol. The molecule has 0 bridgehead atoms. The Kier molecular flexibility index (Phi) is 4.46. The van der Waals surface area contributed by atoms with Crippen LogP contribution in [0.2, 0.25) is 0 Å². The van der Waals surface area contributed by atoms with Gasteiger partial charge in [-0.05, 0) is 37.0 Å². The van der Waals surface area contributed by atoms with Gasteiger partial charge in [0.15, 0.2) is 0 Å². The quantitative estimate of drug-likeness (QED) is 0.921. The van der Waals surface area contributed by atoms with Crippen LogP contribution in [0.1, 0.15) is 30.9 Å². The molecule has 1 fully saturated rings.